The number of benzene rings is 2. The van der Waals surface area contributed by atoms with Crippen LogP contribution in [0.4, 0.5) is 10.1 Å². The molecule has 0 amide bonds. The van der Waals surface area contributed by atoms with Crippen LogP contribution in [0.5, 0.6) is 5.75 Å². The van der Waals surface area contributed by atoms with Crippen molar-refractivity contribution in [3.8, 4) is 5.75 Å². The fourth-order valence-corrected chi connectivity index (χ4v) is 3.48. The molecule has 2 rings (SSSR count). The smallest absolute Gasteiger partial charge is 0.186 e. The van der Waals surface area contributed by atoms with Gasteiger partial charge in [0.25, 0.3) is 0 Å². The number of nitrogens with two attached hydrogens (primary N) is 1. The highest BCUT2D eigenvalue weighted by molar-refractivity contribution is 7.90. The Morgan fingerprint density at radius 1 is 1.24 bits per heavy atom. The number of sulfone groups is 1. The molecular formula is C14H13ClFNO3S. The lowest BCUT2D eigenvalue weighted by molar-refractivity contribution is 0.403. The van der Waals surface area contributed by atoms with Crippen molar-refractivity contribution in [2.45, 2.75) is 10.6 Å². The third-order valence-electron chi connectivity index (χ3n) is 2.86. The van der Waals surface area contributed by atoms with E-state index in [1.807, 2.05) is 0 Å². The standard InChI is InChI=1S/C14H13ClFNO3S/c1-20-13-7-10(17)3-5-14(13)21(18,19)8-9-2-4-11(15)12(16)6-9/h2-7H,8,17H2,1H3. The number of hydrogen-bond donors (Lipinski definition) is 1. The highest BCUT2D eigenvalue weighted by atomic mass is 35.5. The van der Waals surface area contributed by atoms with Gasteiger partial charge in [-0.2, -0.15) is 0 Å². The summed E-state index contributed by atoms with van der Waals surface area (Å²) < 4.78 is 43.3. The number of halogens is 2. The van der Waals surface area contributed by atoms with Gasteiger partial charge in [-0.25, -0.2) is 12.8 Å². The van der Waals surface area contributed by atoms with E-state index in [-0.39, 0.29) is 21.4 Å². The van der Waals surface area contributed by atoms with Crippen LogP contribution in [0.15, 0.2) is 41.3 Å². The van der Waals surface area contributed by atoms with Crippen molar-refractivity contribution in [2.75, 3.05) is 12.8 Å². The van der Waals surface area contributed by atoms with Gasteiger partial charge in [0, 0.05) is 11.8 Å². The van der Waals surface area contributed by atoms with Crippen LogP contribution in [0.2, 0.25) is 5.02 Å². The summed E-state index contributed by atoms with van der Waals surface area (Å²) in [5, 5.41) is -0.0544. The van der Waals surface area contributed by atoms with Crippen LogP contribution in [0.25, 0.3) is 0 Å². The van der Waals surface area contributed by atoms with Gasteiger partial charge in [-0.15, -0.1) is 0 Å². The molecule has 7 heteroatoms. The van der Waals surface area contributed by atoms with E-state index in [0.717, 1.165) is 6.07 Å². The average Bonchev–Trinajstić information content (AvgIpc) is 2.42. The largest absolute Gasteiger partial charge is 0.495 e. The van der Waals surface area contributed by atoms with Gasteiger partial charge in [-0.3, -0.25) is 0 Å². The van der Waals surface area contributed by atoms with Crippen LogP contribution < -0.4 is 10.5 Å². The van der Waals surface area contributed by atoms with Crippen molar-refractivity contribution in [2.24, 2.45) is 0 Å². The molecule has 0 saturated carbocycles. The number of rotatable bonds is 4. The number of nitrogen functional groups attached to an aromatic ring is 1. The molecule has 0 atom stereocenters. The second kappa shape index (κ2) is 5.91. The summed E-state index contributed by atoms with van der Waals surface area (Å²) in [6.45, 7) is 0. The molecule has 0 aliphatic carbocycles. The molecule has 2 N–H and O–H groups in total. The number of ether oxygens (including phenoxy) is 1. The molecule has 0 fully saturated rings. The summed E-state index contributed by atoms with van der Waals surface area (Å²) in [7, 11) is -2.34. The summed E-state index contributed by atoms with van der Waals surface area (Å²) in [5.74, 6) is -0.862. The van der Waals surface area contributed by atoms with E-state index in [2.05, 4.69) is 0 Å². The number of methoxy groups -OCH3 is 1. The molecule has 2 aromatic rings. The average molecular weight is 330 g/mol. The van der Waals surface area contributed by atoms with Crippen molar-refractivity contribution < 1.29 is 17.5 Å². The van der Waals surface area contributed by atoms with E-state index in [4.69, 9.17) is 22.1 Å². The Hall–Kier alpha value is -1.79. The lowest BCUT2D eigenvalue weighted by Gasteiger charge is -2.10. The second-order valence-corrected chi connectivity index (χ2v) is 6.78. The summed E-state index contributed by atoms with van der Waals surface area (Å²) in [4.78, 5) is 0.00885. The Morgan fingerprint density at radius 2 is 1.95 bits per heavy atom. The van der Waals surface area contributed by atoms with Crippen LogP contribution >= 0.6 is 11.6 Å². The molecule has 4 nitrogen and oxygen atoms in total. The topological polar surface area (TPSA) is 69.4 Å². The lowest BCUT2D eigenvalue weighted by Crippen LogP contribution is -2.07. The van der Waals surface area contributed by atoms with Crippen LogP contribution in [-0.4, -0.2) is 15.5 Å². The van der Waals surface area contributed by atoms with Gasteiger partial charge in [0.2, 0.25) is 0 Å². The van der Waals surface area contributed by atoms with E-state index < -0.39 is 15.7 Å². The predicted molar refractivity (Wildman–Crippen MR) is 79.7 cm³/mol. The summed E-state index contributed by atoms with van der Waals surface area (Å²) >= 11 is 5.58. The Balaban J connectivity index is 2.40. The molecule has 112 valence electrons. The maximum atomic E-state index is 13.4. The van der Waals surface area contributed by atoms with E-state index in [1.165, 1.54) is 37.4 Å². The Bertz CT molecular complexity index is 778. The minimum Gasteiger partial charge on any atom is -0.495 e. The first-order valence-electron chi connectivity index (χ1n) is 5.93. The van der Waals surface area contributed by atoms with E-state index in [9.17, 15) is 12.8 Å². The SMILES string of the molecule is COc1cc(N)ccc1S(=O)(=O)Cc1ccc(Cl)c(F)c1. The Morgan fingerprint density at radius 3 is 2.57 bits per heavy atom. The summed E-state index contributed by atoms with van der Waals surface area (Å²) in [5.41, 5.74) is 6.29. The third kappa shape index (κ3) is 3.46. The van der Waals surface area contributed by atoms with Gasteiger partial charge < -0.3 is 10.5 Å². The third-order valence-corrected chi connectivity index (χ3v) is 4.89. The van der Waals surface area contributed by atoms with Crippen molar-refractivity contribution in [3.05, 3.63) is 52.8 Å². The molecule has 0 bridgehead atoms. The fourth-order valence-electron chi connectivity index (χ4n) is 1.87. The van der Waals surface area contributed by atoms with Crippen molar-refractivity contribution in [1.82, 2.24) is 0 Å². The minimum absolute atomic E-state index is 0.00885. The first-order valence-corrected chi connectivity index (χ1v) is 7.96. The maximum Gasteiger partial charge on any atom is 0.186 e. The zero-order valence-electron chi connectivity index (χ0n) is 11.1. The first-order chi connectivity index (χ1) is 9.83. The predicted octanol–water partition coefficient (Wildman–Crippen LogP) is 3.04. The molecule has 0 unspecified atom stereocenters. The monoisotopic (exact) mass is 329 g/mol. The van der Waals surface area contributed by atoms with E-state index in [0.29, 0.717) is 11.3 Å². The van der Waals surface area contributed by atoms with Gasteiger partial charge in [-0.05, 0) is 29.8 Å². The van der Waals surface area contributed by atoms with Crippen LogP contribution in [0.1, 0.15) is 5.56 Å². The summed E-state index contributed by atoms with van der Waals surface area (Å²) in [6, 6.07) is 8.15. The zero-order valence-corrected chi connectivity index (χ0v) is 12.7. The van der Waals surface area contributed by atoms with Crippen LogP contribution in [0.3, 0.4) is 0 Å². The quantitative estimate of drug-likeness (QED) is 0.875. The molecule has 0 aliphatic heterocycles. The first kappa shape index (κ1) is 15.6. The van der Waals surface area contributed by atoms with Gasteiger partial charge in [-0.1, -0.05) is 17.7 Å². The van der Waals surface area contributed by atoms with E-state index in [1.54, 1.807) is 0 Å². The molecule has 0 heterocycles. The molecule has 0 aromatic heterocycles. The zero-order chi connectivity index (χ0) is 15.6. The molecule has 0 saturated heterocycles. The molecule has 0 spiro atoms. The Kier molecular flexibility index (Phi) is 4.39. The molecule has 21 heavy (non-hydrogen) atoms. The highest BCUT2D eigenvalue weighted by Gasteiger charge is 2.21. The molecule has 0 radical (unpaired) electrons. The number of hydrogen-bond acceptors (Lipinski definition) is 4. The molecule has 2 aromatic carbocycles. The second-order valence-electron chi connectivity index (χ2n) is 4.42. The van der Waals surface area contributed by atoms with Gasteiger partial charge in [0.15, 0.2) is 9.84 Å². The fraction of sp³-hybridized carbons (Fsp3) is 0.143. The van der Waals surface area contributed by atoms with Gasteiger partial charge in [0.1, 0.15) is 16.5 Å². The molecular weight excluding hydrogens is 317 g/mol. The van der Waals surface area contributed by atoms with E-state index >= 15 is 0 Å². The molecule has 0 aliphatic rings. The lowest BCUT2D eigenvalue weighted by atomic mass is 10.2. The number of anilines is 1. The van der Waals surface area contributed by atoms with Crippen LogP contribution in [-0.2, 0) is 15.6 Å². The van der Waals surface area contributed by atoms with Crippen LogP contribution in [0, 0.1) is 5.82 Å². The van der Waals surface area contributed by atoms with Gasteiger partial charge in [0.05, 0.1) is 17.9 Å². The van der Waals surface area contributed by atoms with Crippen molar-refractivity contribution >= 4 is 27.1 Å². The van der Waals surface area contributed by atoms with Crippen molar-refractivity contribution in [3.63, 3.8) is 0 Å². The minimum atomic E-state index is -3.69. The maximum absolute atomic E-state index is 13.4. The Labute approximate surface area is 127 Å². The highest BCUT2D eigenvalue weighted by Crippen LogP contribution is 2.29. The summed E-state index contributed by atoms with van der Waals surface area (Å²) in [6.07, 6.45) is 0. The van der Waals surface area contributed by atoms with Gasteiger partial charge >= 0.3 is 0 Å². The van der Waals surface area contributed by atoms with Crippen molar-refractivity contribution in [1.29, 1.82) is 0 Å². The normalized spacial score (nSPS) is 11.4.